The molecular weight excluding hydrogens is 965 g/mol. The van der Waals surface area contributed by atoms with Crippen LogP contribution in [-0.2, 0) is 26.7 Å². The maximum Gasteiger partial charge on any atom is 0.348 e. The molecule has 12 N–H and O–H groups in total. The zero-order valence-corrected chi connectivity index (χ0v) is 41.6. The van der Waals surface area contributed by atoms with Crippen LogP contribution in [-0.4, -0.2) is 109 Å². The van der Waals surface area contributed by atoms with Gasteiger partial charge in [-0.25, -0.2) is 4.79 Å². The van der Waals surface area contributed by atoms with Gasteiger partial charge in [0.05, 0.1) is 50.6 Å². The van der Waals surface area contributed by atoms with Crippen LogP contribution in [0.25, 0.3) is 28.2 Å². The third kappa shape index (κ3) is 19.1. The number of rotatable bonds is 18. The number of allylic oxidation sites excluding steroid dienone is 2. The molecule has 1 aliphatic heterocycles. The zero-order valence-electron chi connectivity index (χ0n) is 40.0. The maximum absolute atomic E-state index is 12.9. The highest BCUT2D eigenvalue weighted by Gasteiger charge is 2.32. The van der Waals surface area contributed by atoms with E-state index in [1.807, 2.05) is 64.1 Å². The number of phenols is 1. The number of nitrogens with one attached hydrogen (secondary N) is 2. The molecule has 5 aromatic rings. The van der Waals surface area contributed by atoms with E-state index >= 15 is 0 Å². The van der Waals surface area contributed by atoms with Crippen molar-refractivity contribution in [1.29, 1.82) is 10.8 Å². The fraction of sp³-hybridized carbons (Fsp3) is 0.327. The lowest BCUT2D eigenvalue weighted by Crippen LogP contribution is -2.28. The summed E-state index contributed by atoms with van der Waals surface area (Å²) in [6.45, 7) is 8.12. The largest absolute Gasteiger partial charge is 0.508 e. The summed E-state index contributed by atoms with van der Waals surface area (Å²) < 4.78 is 83.3. The Morgan fingerprint density at radius 3 is 1.63 bits per heavy atom. The van der Waals surface area contributed by atoms with Crippen molar-refractivity contribution in [3.8, 4) is 45.6 Å². The van der Waals surface area contributed by atoms with Crippen LogP contribution in [0, 0.1) is 10.8 Å². The summed E-state index contributed by atoms with van der Waals surface area (Å²) in [7, 11) is -6.33. The van der Waals surface area contributed by atoms with Crippen LogP contribution in [0.5, 0.6) is 34.5 Å². The Balaban J connectivity index is 0.000000301. The van der Waals surface area contributed by atoms with Gasteiger partial charge in [0.1, 0.15) is 62.7 Å². The van der Waals surface area contributed by atoms with Crippen LogP contribution in [0.1, 0.15) is 69.2 Å². The molecule has 0 unspecified atom stereocenters. The molecule has 0 bridgehead atoms. The fourth-order valence-electron chi connectivity index (χ4n) is 6.35. The van der Waals surface area contributed by atoms with E-state index in [1.54, 1.807) is 36.4 Å². The fourth-order valence-corrected chi connectivity index (χ4v) is 6.81. The van der Waals surface area contributed by atoms with Crippen molar-refractivity contribution >= 4 is 49.0 Å². The number of nitrogen functional groups attached to an aromatic ring is 2. The lowest BCUT2D eigenvalue weighted by Gasteiger charge is -2.31. The van der Waals surface area contributed by atoms with Gasteiger partial charge in [0.2, 0.25) is 0 Å². The molecular formula is C49H62N4O16S2. The number of hydrogen-bond donors (Lipinski definition) is 10. The Hall–Kier alpha value is -6.95. The van der Waals surface area contributed by atoms with Gasteiger partial charge in [-0.15, -0.1) is 0 Å². The van der Waals surface area contributed by atoms with Crippen molar-refractivity contribution < 1.29 is 69.7 Å². The Labute approximate surface area is 412 Å². The first-order valence-electron chi connectivity index (χ1n) is 21.8. The average molecular weight is 1030 g/mol. The van der Waals surface area contributed by atoms with Crippen molar-refractivity contribution in [3.05, 3.63) is 123 Å². The molecule has 0 saturated heterocycles. The summed E-state index contributed by atoms with van der Waals surface area (Å²) in [5, 5.41) is 51.6. The average Bonchev–Trinajstić information content (AvgIpc) is 3.28. The summed E-state index contributed by atoms with van der Waals surface area (Å²) in [5.41, 5.74) is 14.1. The third-order valence-electron chi connectivity index (χ3n) is 9.81. The predicted molar refractivity (Wildman–Crippen MR) is 271 cm³/mol. The number of unbranched alkanes of at least 4 members (excludes halogenated alkanes) is 2. The van der Waals surface area contributed by atoms with E-state index in [2.05, 4.69) is 6.08 Å². The Morgan fingerprint density at radius 2 is 1.24 bits per heavy atom. The molecule has 6 rings (SSSR count). The molecule has 0 saturated carbocycles. The van der Waals surface area contributed by atoms with E-state index in [-0.39, 0.29) is 34.3 Å². The normalized spacial score (nSPS) is 12.2. The number of benzene rings is 4. The van der Waals surface area contributed by atoms with Crippen LogP contribution in [0.3, 0.4) is 0 Å². The Kier molecular flexibility index (Phi) is 22.1. The first kappa shape index (κ1) is 58.4. The summed E-state index contributed by atoms with van der Waals surface area (Å²) in [6, 6.07) is 20.4. The number of aromatic hydroxyl groups is 2. The van der Waals surface area contributed by atoms with Gasteiger partial charge in [-0.1, -0.05) is 23.8 Å². The number of nitrogens with two attached hydrogens (primary N) is 2. The van der Waals surface area contributed by atoms with Crippen molar-refractivity contribution in [2.45, 2.75) is 59.0 Å². The van der Waals surface area contributed by atoms with Gasteiger partial charge in [0.25, 0.3) is 20.2 Å². The minimum absolute atomic E-state index is 0.00458. The zero-order chi connectivity index (χ0) is 53.1. The predicted octanol–water partition coefficient (Wildman–Crippen LogP) is 6.19. The molecule has 71 heavy (non-hydrogen) atoms. The lowest BCUT2D eigenvalue weighted by atomic mass is 9.93. The van der Waals surface area contributed by atoms with Crippen molar-refractivity contribution in [3.63, 3.8) is 0 Å². The van der Waals surface area contributed by atoms with Crippen molar-refractivity contribution in [2.75, 3.05) is 45.0 Å². The molecule has 1 aromatic heterocycles. The summed E-state index contributed by atoms with van der Waals surface area (Å²) in [4.78, 5) is 12.9. The number of hydrogen-bond acceptors (Lipinski definition) is 16. The topological polar surface area (TPSA) is 357 Å². The molecule has 20 nitrogen and oxygen atoms in total. The molecule has 0 amide bonds. The SMILES string of the molecule is COc1c(CC=C(C)C)c2c(c3oc(=O)c(-c4ccc(O)cc4)c(O)c13)C=CC(C)(C)O2.N=C(N)c1ccc(OCCCCCOc2ccc(C(=N)N)cc2)cc1.O=S(=O)(O)CCO.O=S(=O)(O)CCO. The second kappa shape index (κ2) is 26.9. The van der Waals surface area contributed by atoms with Gasteiger partial charge < -0.3 is 55.3 Å². The van der Waals surface area contributed by atoms with Crippen LogP contribution >= 0.6 is 0 Å². The molecule has 4 aromatic carbocycles. The number of amidine groups is 2. The van der Waals surface area contributed by atoms with E-state index in [9.17, 15) is 31.8 Å². The highest BCUT2D eigenvalue weighted by Crippen LogP contribution is 2.49. The molecule has 0 atom stereocenters. The van der Waals surface area contributed by atoms with E-state index in [1.165, 1.54) is 19.2 Å². The molecule has 22 heteroatoms. The van der Waals surface area contributed by atoms with Crippen LogP contribution in [0.2, 0.25) is 0 Å². The van der Waals surface area contributed by atoms with Crippen LogP contribution in [0.15, 0.2) is 99.7 Å². The number of aliphatic hydroxyl groups excluding tert-OH is 2. The highest BCUT2D eigenvalue weighted by atomic mass is 32.2. The minimum atomic E-state index is -3.92. The van der Waals surface area contributed by atoms with Gasteiger partial charge in [-0.2, -0.15) is 16.8 Å². The number of phenolic OH excluding ortho intramolecular Hbond substituents is 1. The van der Waals surface area contributed by atoms with E-state index in [0.717, 1.165) is 41.9 Å². The second-order valence-corrected chi connectivity index (χ2v) is 19.4. The third-order valence-corrected chi connectivity index (χ3v) is 11.2. The van der Waals surface area contributed by atoms with E-state index < -0.39 is 56.2 Å². The highest BCUT2D eigenvalue weighted by molar-refractivity contribution is 7.86. The number of aliphatic hydroxyl groups is 2. The molecule has 0 fully saturated rings. The van der Waals surface area contributed by atoms with E-state index in [4.69, 9.17) is 65.0 Å². The van der Waals surface area contributed by atoms with Crippen LogP contribution in [0.4, 0.5) is 0 Å². The molecule has 1 aliphatic rings. The Bertz CT molecular complexity index is 2840. The summed E-state index contributed by atoms with van der Waals surface area (Å²) in [6.07, 6.45) is 9.21. The molecule has 0 aliphatic carbocycles. The quantitative estimate of drug-likeness (QED) is 0.0117. The Morgan fingerprint density at radius 1 is 0.761 bits per heavy atom. The van der Waals surface area contributed by atoms with Crippen molar-refractivity contribution in [1.82, 2.24) is 0 Å². The van der Waals surface area contributed by atoms with Gasteiger partial charge in [0, 0.05) is 16.7 Å². The lowest BCUT2D eigenvalue weighted by molar-refractivity contribution is 0.157. The van der Waals surface area contributed by atoms with Gasteiger partial charge in [-0.05, 0) is 132 Å². The van der Waals surface area contributed by atoms with E-state index in [0.29, 0.717) is 58.8 Å². The van der Waals surface area contributed by atoms with Crippen LogP contribution < -0.4 is 36.0 Å². The molecule has 0 spiro atoms. The smallest absolute Gasteiger partial charge is 0.348 e. The van der Waals surface area contributed by atoms with Gasteiger partial charge in [0.15, 0.2) is 5.58 Å². The number of ether oxygens (including phenoxy) is 4. The molecule has 386 valence electrons. The molecule has 2 heterocycles. The van der Waals surface area contributed by atoms with Gasteiger partial charge >= 0.3 is 5.63 Å². The standard InChI is InChI=1S/C26H26O6.C19H24N4O2.2C2H6O4S/c1-14(2)6-11-17-22-18(12-13-26(3,4)32-22)24-20(23(17)30-5)21(28)19(25(29)31-24)15-7-9-16(27)10-8-15;20-18(21)14-4-8-16(9-5-14)24-12-2-1-3-13-25-17-10-6-15(7-11-17)19(22)23;2*3-1-2-7(4,5)6/h6-10,12-13,27-28H,11H2,1-5H3;4-11H,1-3,12-13H2,(H3,20,21)(H3,22,23);2*3H,1-2H2,(H,4,5,6). The summed E-state index contributed by atoms with van der Waals surface area (Å²) >= 11 is 0. The van der Waals surface area contributed by atoms with Crippen molar-refractivity contribution in [2.24, 2.45) is 11.5 Å². The molecule has 0 radical (unpaired) electrons. The maximum atomic E-state index is 12.9. The first-order valence-corrected chi connectivity index (χ1v) is 25.0. The number of methoxy groups -OCH3 is 1. The minimum Gasteiger partial charge on any atom is -0.508 e. The number of fused-ring (bicyclic) bond motifs is 3. The van der Waals surface area contributed by atoms with Gasteiger partial charge in [-0.3, -0.25) is 19.9 Å². The first-order chi connectivity index (χ1) is 33.3. The summed E-state index contributed by atoms with van der Waals surface area (Å²) in [5.74, 6) is 1.31. The second-order valence-electron chi connectivity index (χ2n) is 16.3. The monoisotopic (exact) mass is 1030 g/mol.